The number of halogens is 4. The molecule has 0 saturated carbocycles. The molecule has 1 aliphatic rings. The van der Waals surface area contributed by atoms with Crippen LogP contribution in [0.4, 0.5) is 5.69 Å². The third-order valence-corrected chi connectivity index (χ3v) is 4.68. The smallest absolute Gasteiger partial charge is 0.0677 e. The summed E-state index contributed by atoms with van der Waals surface area (Å²) in [6.45, 7) is 0. The first-order chi connectivity index (χ1) is 8.91. The van der Waals surface area contributed by atoms with Gasteiger partial charge in [-0.05, 0) is 24.1 Å². The van der Waals surface area contributed by atoms with Gasteiger partial charge >= 0.3 is 0 Å². The Morgan fingerprint density at radius 1 is 1.11 bits per heavy atom. The molecule has 5 heteroatoms. The van der Waals surface area contributed by atoms with Crippen molar-refractivity contribution in [2.24, 2.45) is 0 Å². The Labute approximate surface area is 133 Å². The van der Waals surface area contributed by atoms with Gasteiger partial charge in [0.2, 0.25) is 0 Å². The minimum absolute atomic E-state index is 0.0379. The van der Waals surface area contributed by atoms with Crippen molar-refractivity contribution in [1.29, 1.82) is 0 Å². The van der Waals surface area contributed by atoms with E-state index in [1.165, 1.54) is 0 Å². The van der Waals surface area contributed by atoms with Crippen molar-refractivity contribution >= 4 is 52.1 Å². The van der Waals surface area contributed by atoms with Crippen molar-refractivity contribution < 1.29 is 0 Å². The monoisotopic (exact) mass is 335 g/mol. The second-order valence-corrected chi connectivity index (χ2v) is 6.29. The van der Waals surface area contributed by atoms with Crippen molar-refractivity contribution in [3.8, 4) is 0 Å². The highest BCUT2D eigenvalue weighted by atomic mass is 35.5. The number of allylic oxidation sites excluding steroid dienone is 4. The molecule has 1 atom stereocenters. The topological polar surface area (TPSA) is 3.24 Å². The number of benzene rings is 1. The van der Waals surface area contributed by atoms with Gasteiger partial charge in [-0.1, -0.05) is 58.5 Å². The molecule has 19 heavy (non-hydrogen) atoms. The molecule has 0 spiro atoms. The molecule has 2 rings (SSSR count). The van der Waals surface area contributed by atoms with E-state index in [1.807, 2.05) is 37.2 Å². The van der Waals surface area contributed by atoms with Crippen LogP contribution in [0.25, 0.3) is 0 Å². The Kier molecular flexibility index (Phi) is 4.73. The summed E-state index contributed by atoms with van der Waals surface area (Å²) >= 11 is 24.9. The Balaban J connectivity index is 2.45. The van der Waals surface area contributed by atoms with E-state index in [9.17, 15) is 0 Å². The van der Waals surface area contributed by atoms with E-state index < -0.39 is 0 Å². The third-order valence-electron chi connectivity index (χ3n) is 3.11. The maximum Gasteiger partial charge on any atom is 0.0677 e. The zero-order valence-electron chi connectivity index (χ0n) is 10.6. The van der Waals surface area contributed by atoms with E-state index in [1.54, 1.807) is 6.08 Å². The molecule has 1 aliphatic carbocycles. The van der Waals surface area contributed by atoms with E-state index in [2.05, 4.69) is 0 Å². The van der Waals surface area contributed by atoms with Crippen molar-refractivity contribution in [3.05, 3.63) is 50.0 Å². The van der Waals surface area contributed by atoms with E-state index >= 15 is 0 Å². The maximum absolute atomic E-state index is 6.47. The van der Waals surface area contributed by atoms with Gasteiger partial charge in [-0.15, -0.1) is 0 Å². The quantitative estimate of drug-likeness (QED) is 0.669. The van der Waals surface area contributed by atoms with Gasteiger partial charge in [0.05, 0.1) is 15.7 Å². The number of rotatable bonds is 2. The molecule has 0 saturated heterocycles. The Hall–Kier alpha value is -0.340. The molecule has 0 heterocycles. The van der Waals surface area contributed by atoms with Crippen LogP contribution in [0.15, 0.2) is 39.4 Å². The SMILES string of the molecule is CN(C)c1cccc(C2CC(Cl)=C(Cl)C=C2Cl)c1Cl. The van der Waals surface area contributed by atoms with Crippen LogP contribution in [0.1, 0.15) is 17.9 Å². The van der Waals surface area contributed by atoms with Gasteiger partial charge in [0.25, 0.3) is 0 Å². The molecule has 102 valence electrons. The maximum atomic E-state index is 6.47. The van der Waals surface area contributed by atoms with Crippen LogP contribution in [0.3, 0.4) is 0 Å². The van der Waals surface area contributed by atoms with E-state index in [0.717, 1.165) is 11.3 Å². The summed E-state index contributed by atoms with van der Waals surface area (Å²) in [5.41, 5.74) is 1.93. The minimum Gasteiger partial charge on any atom is -0.376 e. The van der Waals surface area contributed by atoms with Crippen molar-refractivity contribution in [2.75, 3.05) is 19.0 Å². The van der Waals surface area contributed by atoms with E-state index in [4.69, 9.17) is 46.4 Å². The van der Waals surface area contributed by atoms with Crippen molar-refractivity contribution in [2.45, 2.75) is 12.3 Å². The molecule has 0 bridgehead atoms. The fourth-order valence-corrected chi connectivity index (χ4v) is 3.27. The van der Waals surface area contributed by atoms with Gasteiger partial charge < -0.3 is 4.90 Å². The number of anilines is 1. The number of nitrogens with zero attached hydrogens (tertiary/aromatic N) is 1. The second-order valence-electron chi connectivity index (χ2n) is 4.61. The molecule has 1 nitrogen and oxygen atoms in total. The summed E-state index contributed by atoms with van der Waals surface area (Å²) in [6, 6.07) is 5.91. The summed E-state index contributed by atoms with van der Waals surface area (Å²) in [5.74, 6) is -0.0379. The summed E-state index contributed by atoms with van der Waals surface area (Å²) in [7, 11) is 3.90. The zero-order valence-corrected chi connectivity index (χ0v) is 13.6. The molecule has 0 N–H and O–H groups in total. The second kappa shape index (κ2) is 5.97. The number of hydrogen-bond donors (Lipinski definition) is 0. The van der Waals surface area contributed by atoms with Gasteiger partial charge in [0, 0.05) is 30.1 Å². The van der Waals surface area contributed by atoms with Crippen LogP contribution in [0.2, 0.25) is 5.02 Å². The largest absolute Gasteiger partial charge is 0.376 e. The lowest BCUT2D eigenvalue weighted by molar-refractivity contribution is 0.823. The first kappa shape index (κ1) is 15.1. The molecular weight excluding hydrogens is 324 g/mol. The van der Waals surface area contributed by atoms with Crippen LogP contribution in [-0.2, 0) is 0 Å². The first-order valence-corrected chi connectivity index (χ1v) is 7.30. The molecule has 1 aromatic carbocycles. The minimum atomic E-state index is -0.0379. The lowest BCUT2D eigenvalue weighted by Crippen LogP contribution is -2.11. The molecule has 0 aliphatic heterocycles. The summed E-state index contributed by atoms with van der Waals surface area (Å²) in [4.78, 5) is 1.97. The zero-order chi connectivity index (χ0) is 14.2. The average Bonchev–Trinajstić information content (AvgIpc) is 2.34. The van der Waals surface area contributed by atoms with Gasteiger partial charge in [-0.3, -0.25) is 0 Å². The Morgan fingerprint density at radius 2 is 1.79 bits per heavy atom. The molecule has 1 unspecified atom stereocenters. The third kappa shape index (κ3) is 3.05. The Morgan fingerprint density at radius 3 is 2.42 bits per heavy atom. The molecule has 1 aromatic rings. The van der Waals surface area contributed by atoms with Gasteiger partial charge in [0.15, 0.2) is 0 Å². The van der Waals surface area contributed by atoms with Crippen LogP contribution in [0, 0.1) is 0 Å². The van der Waals surface area contributed by atoms with Gasteiger partial charge in [-0.25, -0.2) is 0 Å². The molecular formula is C14H13Cl4N. The van der Waals surface area contributed by atoms with E-state index in [0.29, 0.717) is 26.5 Å². The summed E-state index contributed by atoms with van der Waals surface area (Å²) in [5, 5.41) is 2.48. The average molecular weight is 337 g/mol. The predicted octanol–water partition coefficient (Wildman–Crippen LogP) is 5.71. The van der Waals surface area contributed by atoms with Crippen LogP contribution >= 0.6 is 46.4 Å². The summed E-state index contributed by atoms with van der Waals surface area (Å²) in [6.07, 6.45) is 2.27. The van der Waals surface area contributed by atoms with Crippen molar-refractivity contribution in [1.82, 2.24) is 0 Å². The van der Waals surface area contributed by atoms with Gasteiger partial charge in [-0.2, -0.15) is 0 Å². The molecule has 0 fully saturated rings. The van der Waals surface area contributed by atoms with Gasteiger partial charge in [0.1, 0.15) is 0 Å². The fourth-order valence-electron chi connectivity index (χ4n) is 2.08. The predicted molar refractivity (Wildman–Crippen MR) is 85.8 cm³/mol. The highest BCUT2D eigenvalue weighted by Gasteiger charge is 2.25. The Bertz CT molecular complexity index is 561. The van der Waals surface area contributed by atoms with Crippen LogP contribution in [-0.4, -0.2) is 14.1 Å². The van der Waals surface area contributed by atoms with Crippen molar-refractivity contribution in [3.63, 3.8) is 0 Å². The first-order valence-electron chi connectivity index (χ1n) is 5.78. The summed E-state index contributed by atoms with van der Waals surface area (Å²) < 4.78 is 0. The molecule has 0 amide bonds. The number of hydrogen-bond acceptors (Lipinski definition) is 1. The highest BCUT2D eigenvalue weighted by molar-refractivity contribution is 6.42. The molecule has 0 radical (unpaired) electrons. The normalized spacial score (nSPS) is 19.5. The highest BCUT2D eigenvalue weighted by Crippen LogP contribution is 2.44. The molecule has 0 aromatic heterocycles. The van der Waals surface area contributed by atoms with E-state index in [-0.39, 0.29) is 5.92 Å². The van der Waals surface area contributed by atoms with Crippen LogP contribution in [0.5, 0.6) is 0 Å². The van der Waals surface area contributed by atoms with Crippen LogP contribution < -0.4 is 4.90 Å². The fraction of sp³-hybridized carbons (Fsp3) is 0.286. The lowest BCUT2D eigenvalue weighted by Gasteiger charge is -2.24. The standard InChI is InChI=1S/C14H13Cl4N/c1-19(2)13-5-3-4-8(14(13)18)9-6-11(16)12(17)7-10(9)15/h3-5,7,9H,6H2,1-2H3. The lowest BCUT2D eigenvalue weighted by atomic mass is 9.91.